The van der Waals surface area contributed by atoms with Gasteiger partial charge in [0.1, 0.15) is 12.2 Å². The predicted molar refractivity (Wildman–Crippen MR) is 51.1 cm³/mol. The number of ether oxygens (including phenoxy) is 2. The monoisotopic (exact) mass is 233 g/mol. The molecule has 0 spiro atoms. The maximum Gasteiger partial charge on any atom is 0.305 e. The van der Waals surface area contributed by atoms with Gasteiger partial charge in [-0.1, -0.05) is 0 Å². The van der Waals surface area contributed by atoms with Crippen LogP contribution in [0.2, 0.25) is 0 Å². The van der Waals surface area contributed by atoms with Gasteiger partial charge in [-0.2, -0.15) is 0 Å². The standard InChI is InChI=1S/C9H15NO6/c1-4(11)10-6-3-15-9(16-5(2)12)8(14)7(6)13/h6-9,13-14H,3H2,1-2H3,(H,10,11)/t6-,7?,8-,9?/m1/s1. The molecule has 1 heterocycles. The third-order valence-electron chi connectivity index (χ3n) is 2.15. The normalized spacial score (nSPS) is 34.2. The lowest BCUT2D eigenvalue weighted by atomic mass is 10.0. The summed E-state index contributed by atoms with van der Waals surface area (Å²) in [6, 6.07) is -0.709. The molecule has 1 amide bonds. The minimum Gasteiger partial charge on any atom is -0.433 e. The molecule has 0 aromatic rings. The first-order valence-electron chi connectivity index (χ1n) is 4.84. The van der Waals surface area contributed by atoms with Gasteiger partial charge in [0.25, 0.3) is 0 Å². The average molecular weight is 233 g/mol. The summed E-state index contributed by atoms with van der Waals surface area (Å²) >= 11 is 0. The molecule has 7 nitrogen and oxygen atoms in total. The number of carbonyl (C=O) groups excluding carboxylic acids is 2. The Morgan fingerprint density at radius 2 is 1.94 bits per heavy atom. The third-order valence-corrected chi connectivity index (χ3v) is 2.15. The van der Waals surface area contributed by atoms with Gasteiger partial charge < -0.3 is 25.0 Å². The molecule has 1 aliphatic heterocycles. The summed E-state index contributed by atoms with van der Waals surface area (Å²) in [6.07, 6.45) is -3.81. The van der Waals surface area contributed by atoms with Crippen LogP contribution >= 0.6 is 0 Å². The van der Waals surface area contributed by atoms with E-state index in [1.54, 1.807) is 0 Å². The van der Waals surface area contributed by atoms with Crippen LogP contribution < -0.4 is 5.32 Å². The number of amides is 1. The van der Waals surface area contributed by atoms with Crippen molar-refractivity contribution in [2.75, 3.05) is 6.61 Å². The number of hydrogen-bond acceptors (Lipinski definition) is 6. The Kier molecular flexibility index (Phi) is 4.22. The van der Waals surface area contributed by atoms with E-state index in [2.05, 4.69) is 10.1 Å². The summed E-state index contributed by atoms with van der Waals surface area (Å²) in [6.45, 7) is 2.43. The number of aliphatic hydroxyl groups is 2. The Balaban J connectivity index is 2.57. The molecule has 7 heteroatoms. The maximum atomic E-state index is 10.8. The maximum absolute atomic E-state index is 10.8. The second-order valence-electron chi connectivity index (χ2n) is 3.60. The number of esters is 1. The zero-order valence-electron chi connectivity index (χ0n) is 9.04. The molecule has 0 aromatic carbocycles. The van der Waals surface area contributed by atoms with Crippen LogP contribution in [0, 0.1) is 0 Å². The molecule has 0 bridgehead atoms. The van der Waals surface area contributed by atoms with Crippen molar-refractivity contribution in [3.8, 4) is 0 Å². The first-order chi connectivity index (χ1) is 7.41. The van der Waals surface area contributed by atoms with E-state index >= 15 is 0 Å². The molecule has 2 unspecified atom stereocenters. The van der Waals surface area contributed by atoms with Crippen LogP contribution in [-0.2, 0) is 19.1 Å². The number of rotatable bonds is 2. The minimum absolute atomic E-state index is 0.0320. The number of hydrogen-bond donors (Lipinski definition) is 3. The number of nitrogens with one attached hydrogen (secondary N) is 1. The van der Waals surface area contributed by atoms with Crippen LogP contribution in [0.25, 0.3) is 0 Å². The van der Waals surface area contributed by atoms with E-state index in [0.717, 1.165) is 0 Å². The van der Waals surface area contributed by atoms with Crippen molar-refractivity contribution in [2.24, 2.45) is 0 Å². The first kappa shape index (κ1) is 12.9. The van der Waals surface area contributed by atoms with Crippen LogP contribution in [0.5, 0.6) is 0 Å². The van der Waals surface area contributed by atoms with Crippen molar-refractivity contribution in [2.45, 2.75) is 38.4 Å². The summed E-state index contributed by atoms with van der Waals surface area (Å²) in [5.41, 5.74) is 0. The Morgan fingerprint density at radius 1 is 1.31 bits per heavy atom. The van der Waals surface area contributed by atoms with Gasteiger partial charge in [-0.3, -0.25) is 9.59 Å². The first-order valence-corrected chi connectivity index (χ1v) is 4.84. The molecular formula is C9H15NO6. The average Bonchev–Trinajstić information content (AvgIpc) is 2.16. The van der Waals surface area contributed by atoms with Gasteiger partial charge in [-0.25, -0.2) is 0 Å². The van der Waals surface area contributed by atoms with Gasteiger partial charge in [0.2, 0.25) is 12.2 Å². The van der Waals surface area contributed by atoms with Crippen LogP contribution in [0.4, 0.5) is 0 Å². The second kappa shape index (κ2) is 5.24. The Bertz CT molecular complexity index is 253. The topological polar surface area (TPSA) is 105 Å². The Hall–Kier alpha value is -1.18. The number of aliphatic hydroxyl groups excluding tert-OH is 2. The molecule has 0 saturated carbocycles. The van der Waals surface area contributed by atoms with E-state index in [9.17, 15) is 19.8 Å². The van der Waals surface area contributed by atoms with Gasteiger partial charge in [0.05, 0.1) is 12.6 Å². The lowest BCUT2D eigenvalue weighted by Gasteiger charge is -2.36. The molecule has 0 radical (unpaired) electrons. The molecule has 92 valence electrons. The predicted octanol–water partition coefficient (Wildman–Crippen LogP) is -1.87. The largest absolute Gasteiger partial charge is 0.433 e. The van der Waals surface area contributed by atoms with Gasteiger partial charge in [-0.15, -0.1) is 0 Å². The van der Waals surface area contributed by atoms with E-state index in [4.69, 9.17) is 4.74 Å². The molecule has 3 N–H and O–H groups in total. The molecule has 0 aromatic heterocycles. The van der Waals surface area contributed by atoms with E-state index < -0.39 is 30.5 Å². The van der Waals surface area contributed by atoms with Crippen LogP contribution in [0.1, 0.15) is 13.8 Å². The van der Waals surface area contributed by atoms with Gasteiger partial charge in [-0.05, 0) is 0 Å². The Labute approximate surface area is 92.3 Å². The van der Waals surface area contributed by atoms with E-state index in [1.165, 1.54) is 13.8 Å². The smallest absolute Gasteiger partial charge is 0.305 e. The summed E-state index contributed by atoms with van der Waals surface area (Å²) in [5.74, 6) is -0.958. The van der Waals surface area contributed by atoms with Crippen molar-refractivity contribution in [3.05, 3.63) is 0 Å². The van der Waals surface area contributed by atoms with Crippen molar-refractivity contribution in [1.82, 2.24) is 5.32 Å². The van der Waals surface area contributed by atoms with Gasteiger partial charge >= 0.3 is 5.97 Å². The fraction of sp³-hybridized carbons (Fsp3) is 0.778. The molecule has 4 atom stereocenters. The summed E-state index contributed by atoms with van der Waals surface area (Å²) in [5, 5.41) is 21.6. The van der Waals surface area contributed by atoms with E-state index in [1.807, 2.05) is 0 Å². The van der Waals surface area contributed by atoms with Crippen molar-refractivity contribution in [3.63, 3.8) is 0 Å². The van der Waals surface area contributed by atoms with Crippen molar-refractivity contribution in [1.29, 1.82) is 0 Å². The summed E-state index contributed by atoms with van der Waals surface area (Å²) in [7, 11) is 0. The lowest BCUT2D eigenvalue weighted by Crippen LogP contribution is -2.59. The molecule has 0 aliphatic carbocycles. The summed E-state index contributed by atoms with van der Waals surface area (Å²) < 4.78 is 9.66. The zero-order valence-corrected chi connectivity index (χ0v) is 9.04. The lowest BCUT2D eigenvalue weighted by molar-refractivity contribution is -0.243. The third kappa shape index (κ3) is 3.16. The highest BCUT2D eigenvalue weighted by molar-refractivity contribution is 5.73. The SMILES string of the molecule is CC(=O)N[C@@H]1COC(OC(C)=O)[C@H](O)C1O. The minimum atomic E-state index is -1.38. The zero-order chi connectivity index (χ0) is 12.3. The molecule has 1 saturated heterocycles. The van der Waals surface area contributed by atoms with Crippen molar-refractivity contribution < 1.29 is 29.3 Å². The fourth-order valence-corrected chi connectivity index (χ4v) is 1.45. The fourth-order valence-electron chi connectivity index (χ4n) is 1.45. The highest BCUT2D eigenvalue weighted by Crippen LogP contribution is 2.16. The Morgan fingerprint density at radius 3 is 2.44 bits per heavy atom. The van der Waals surface area contributed by atoms with E-state index in [0.29, 0.717) is 0 Å². The van der Waals surface area contributed by atoms with Crippen molar-refractivity contribution >= 4 is 11.9 Å². The molecule has 1 rings (SSSR count). The highest BCUT2D eigenvalue weighted by atomic mass is 16.7. The molecule has 1 fully saturated rings. The van der Waals surface area contributed by atoms with Crippen LogP contribution in [0.15, 0.2) is 0 Å². The van der Waals surface area contributed by atoms with Gasteiger partial charge in [0, 0.05) is 13.8 Å². The molecular weight excluding hydrogens is 218 g/mol. The quantitative estimate of drug-likeness (QED) is 0.483. The second-order valence-corrected chi connectivity index (χ2v) is 3.60. The summed E-state index contributed by atoms with van der Waals surface area (Å²) in [4.78, 5) is 21.4. The molecule has 1 aliphatic rings. The number of carbonyl (C=O) groups is 2. The highest BCUT2D eigenvalue weighted by Gasteiger charge is 2.40. The van der Waals surface area contributed by atoms with Crippen LogP contribution in [0.3, 0.4) is 0 Å². The van der Waals surface area contributed by atoms with E-state index in [-0.39, 0.29) is 12.5 Å². The molecule has 16 heavy (non-hydrogen) atoms. The van der Waals surface area contributed by atoms with Gasteiger partial charge in [0.15, 0.2) is 0 Å². The van der Waals surface area contributed by atoms with Crippen LogP contribution in [-0.4, -0.2) is 53.2 Å².